The minimum Gasteiger partial charge on any atom is -0.454 e. The number of pyridine rings is 2. The number of anilines is 1. The Morgan fingerprint density at radius 3 is 2.69 bits per heavy atom. The summed E-state index contributed by atoms with van der Waals surface area (Å²) in [6.07, 6.45) is 5.16. The van der Waals surface area contributed by atoms with Crippen molar-refractivity contribution in [2.75, 3.05) is 5.32 Å². The highest BCUT2D eigenvalue weighted by molar-refractivity contribution is 5.97. The van der Waals surface area contributed by atoms with Crippen LogP contribution in [0.1, 0.15) is 11.3 Å². The molecule has 5 aromatic rings. The second kappa shape index (κ2) is 9.06. The predicted molar refractivity (Wildman–Crippen MR) is 132 cm³/mol. The van der Waals surface area contributed by atoms with Crippen molar-refractivity contribution >= 4 is 16.6 Å². The second-order valence-electron chi connectivity index (χ2n) is 8.23. The smallest absolute Gasteiger partial charge is 0.274 e. The van der Waals surface area contributed by atoms with Gasteiger partial charge in [0.05, 0.1) is 12.2 Å². The number of aromatic amines is 1. The number of ether oxygens (including phenoxy) is 1. The average Bonchev–Trinajstić information content (AvgIpc) is 3.28. The first-order valence-corrected chi connectivity index (χ1v) is 11.0. The van der Waals surface area contributed by atoms with E-state index in [1.807, 2.05) is 37.3 Å². The van der Waals surface area contributed by atoms with Gasteiger partial charge >= 0.3 is 0 Å². The Morgan fingerprint density at radius 2 is 1.89 bits per heavy atom. The Balaban J connectivity index is 1.58. The third-order valence-corrected chi connectivity index (χ3v) is 5.88. The van der Waals surface area contributed by atoms with Gasteiger partial charge in [-0.3, -0.25) is 9.78 Å². The highest BCUT2D eigenvalue weighted by Gasteiger charge is 2.17. The van der Waals surface area contributed by atoms with Crippen LogP contribution in [-0.4, -0.2) is 14.5 Å². The van der Waals surface area contributed by atoms with Gasteiger partial charge in [-0.15, -0.1) is 0 Å². The van der Waals surface area contributed by atoms with Gasteiger partial charge in [-0.1, -0.05) is 6.07 Å². The fourth-order valence-electron chi connectivity index (χ4n) is 3.94. The molecule has 0 unspecified atom stereocenters. The van der Waals surface area contributed by atoms with Crippen LogP contribution in [0.2, 0.25) is 0 Å². The van der Waals surface area contributed by atoms with E-state index in [0.29, 0.717) is 34.3 Å². The van der Waals surface area contributed by atoms with E-state index in [4.69, 9.17) is 4.74 Å². The number of aryl methyl sites for hydroxylation is 2. The van der Waals surface area contributed by atoms with Crippen molar-refractivity contribution in [2.24, 2.45) is 7.05 Å². The van der Waals surface area contributed by atoms with Gasteiger partial charge in [0.25, 0.3) is 5.56 Å². The lowest BCUT2D eigenvalue weighted by molar-refractivity contribution is 0.439. The van der Waals surface area contributed by atoms with Crippen LogP contribution in [-0.2, 0) is 13.6 Å². The summed E-state index contributed by atoms with van der Waals surface area (Å²) in [5.41, 5.74) is 4.41. The van der Waals surface area contributed by atoms with E-state index in [-0.39, 0.29) is 11.3 Å². The van der Waals surface area contributed by atoms with Crippen molar-refractivity contribution in [1.29, 1.82) is 0 Å². The number of H-pyrrole nitrogens is 1. The Kier molecular flexibility index (Phi) is 5.78. The van der Waals surface area contributed by atoms with E-state index in [0.717, 1.165) is 29.1 Å². The van der Waals surface area contributed by atoms with E-state index in [2.05, 4.69) is 15.3 Å². The second-order valence-corrected chi connectivity index (χ2v) is 8.23. The fraction of sp³-hybridized carbons (Fsp3) is 0.111. The molecule has 8 heteroatoms. The standard InChI is InChI=1S/C27H22F2N4O2/c1-16-4-3-10-30-23(16)15-31-18-6-8-24(35-25-7-5-17(28)12-22(25)29)20(13-18)21-14-32-26-19(21)9-11-33(2)27(26)34/h3-14,31-32H,15H2,1-2H3. The first kappa shape index (κ1) is 22.3. The monoisotopic (exact) mass is 472 g/mol. The molecule has 0 bridgehead atoms. The molecule has 0 saturated heterocycles. The summed E-state index contributed by atoms with van der Waals surface area (Å²) in [6.45, 7) is 2.50. The Bertz CT molecular complexity index is 1610. The minimum atomic E-state index is -0.809. The molecule has 0 spiro atoms. The van der Waals surface area contributed by atoms with Crippen LogP contribution in [0.4, 0.5) is 14.5 Å². The summed E-state index contributed by atoms with van der Waals surface area (Å²) in [6, 6.07) is 14.3. The molecule has 176 valence electrons. The molecule has 35 heavy (non-hydrogen) atoms. The summed E-state index contributed by atoms with van der Waals surface area (Å²) in [4.78, 5) is 20.0. The summed E-state index contributed by atoms with van der Waals surface area (Å²) in [7, 11) is 1.68. The predicted octanol–water partition coefficient (Wildman–Crippen LogP) is 5.92. The zero-order valence-corrected chi connectivity index (χ0v) is 19.1. The molecule has 0 atom stereocenters. The number of nitrogens with zero attached hydrogens (tertiary/aromatic N) is 2. The quantitative estimate of drug-likeness (QED) is 0.322. The van der Waals surface area contributed by atoms with Crippen LogP contribution in [0.15, 0.2) is 78.0 Å². The largest absolute Gasteiger partial charge is 0.454 e. The summed E-state index contributed by atoms with van der Waals surface area (Å²) < 4.78 is 35.1. The van der Waals surface area contributed by atoms with Gasteiger partial charge in [-0.2, -0.15) is 0 Å². The molecule has 3 aromatic heterocycles. The number of aromatic nitrogens is 3. The lowest BCUT2D eigenvalue weighted by Crippen LogP contribution is -2.15. The molecule has 0 aliphatic heterocycles. The maximum atomic E-state index is 14.4. The lowest BCUT2D eigenvalue weighted by atomic mass is 10.0. The molecule has 2 aromatic carbocycles. The van der Waals surface area contributed by atoms with Crippen LogP contribution in [0.3, 0.4) is 0 Å². The van der Waals surface area contributed by atoms with Crippen molar-refractivity contribution in [2.45, 2.75) is 13.5 Å². The first-order chi connectivity index (χ1) is 16.9. The number of hydrogen-bond donors (Lipinski definition) is 2. The maximum absolute atomic E-state index is 14.4. The highest BCUT2D eigenvalue weighted by atomic mass is 19.1. The van der Waals surface area contributed by atoms with Crippen LogP contribution >= 0.6 is 0 Å². The molecule has 3 heterocycles. The van der Waals surface area contributed by atoms with E-state index in [1.54, 1.807) is 31.7 Å². The minimum absolute atomic E-state index is 0.103. The van der Waals surface area contributed by atoms with E-state index < -0.39 is 11.6 Å². The Morgan fingerprint density at radius 1 is 1.06 bits per heavy atom. The van der Waals surface area contributed by atoms with Crippen molar-refractivity contribution in [1.82, 2.24) is 14.5 Å². The fourth-order valence-corrected chi connectivity index (χ4v) is 3.94. The topological polar surface area (TPSA) is 71.9 Å². The SMILES string of the molecule is Cc1cccnc1CNc1ccc(Oc2ccc(F)cc2F)c(-c2c[nH]c3c(=O)n(C)ccc23)c1. The number of rotatable bonds is 6. The van der Waals surface area contributed by atoms with Crippen molar-refractivity contribution < 1.29 is 13.5 Å². The summed E-state index contributed by atoms with van der Waals surface area (Å²) in [5.74, 6) is -1.24. The molecule has 0 fully saturated rings. The molecular weight excluding hydrogens is 450 g/mol. The Hall–Kier alpha value is -4.46. The van der Waals surface area contributed by atoms with E-state index >= 15 is 0 Å². The molecular formula is C27H22F2N4O2. The molecule has 0 aliphatic rings. The first-order valence-electron chi connectivity index (χ1n) is 11.0. The number of benzene rings is 2. The molecule has 0 radical (unpaired) electrons. The van der Waals surface area contributed by atoms with Gasteiger partial charge in [0, 0.05) is 53.9 Å². The number of halogens is 2. The van der Waals surface area contributed by atoms with E-state index in [9.17, 15) is 13.6 Å². The molecule has 0 saturated carbocycles. The zero-order valence-electron chi connectivity index (χ0n) is 19.1. The normalized spacial score (nSPS) is 11.1. The Labute approximate surface area is 199 Å². The van der Waals surface area contributed by atoms with Gasteiger partial charge < -0.3 is 19.6 Å². The van der Waals surface area contributed by atoms with Crippen LogP contribution in [0.5, 0.6) is 11.5 Å². The third kappa shape index (κ3) is 4.38. The van der Waals surface area contributed by atoms with Crippen LogP contribution in [0.25, 0.3) is 22.0 Å². The van der Waals surface area contributed by atoms with Crippen molar-refractivity contribution in [3.63, 3.8) is 0 Å². The maximum Gasteiger partial charge on any atom is 0.274 e. The molecule has 0 aliphatic carbocycles. The van der Waals surface area contributed by atoms with Gasteiger partial charge in [0.15, 0.2) is 11.6 Å². The van der Waals surface area contributed by atoms with E-state index in [1.165, 1.54) is 10.6 Å². The molecule has 2 N–H and O–H groups in total. The lowest BCUT2D eigenvalue weighted by Gasteiger charge is -2.15. The average molecular weight is 472 g/mol. The number of hydrogen-bond acceptors (Lipinski definition) is 4. The van der Waals surface area contributed by atoms with Crippen LogP contribution < -0.4 is 15.6 Å². The molecule has 0 amide bonds. The summed E-state index contributed by atoms with van der Waals surface area (Å²) >= 11 is 0. The number of fused-ring (bicyclic) bond motifs is 1. The molecule has 5 rings (SSSR count). The zero-order chi connectivity index (χ0) is 24.5. The van der Waals surface area contributed by atoms with Gasteiger partial charge in [0.1, 0.15) is 17.1 Å². The van der Waals surface area contributed by atoms with Crippen molar-refractivity contribution in [3.8, 4) is 22.6 Å². The number of nitrogens with one attached hydrogen (secondary N) is 2. The van der Waals surface area contributed by atoms with Gasteiger partial charge in [-0.25, -0.2) is 8.78 Å². The van der Waals surface area contributed by atoms with Crippen molar-refractivity contribution in [3.05, 3.63) is 106 Å². The van der Waals surface area contributed by atoms with Crippen LogP contribution in [0, 0.1) is 18.6 Å². The third-order valence-electron chi connectivity index (χ3n) is 5.88. The molecule has 6 nitrogen and oxygen atoms in total. The highest BCUT2D eigenvalue weighted by Crippen LogP contribution is 2.39. The van der Waals surface area contributed by atoms with Gasteiger partial charge in [0.2, 0.25) is 0 Å². The van der Waals surface area contributed by atoms with Gasteiger partial charge in [-0.05, 0) is 55.0 Å². The summed E-state index contributed by atoms with van der Waals surface area (Å²) in [5, 5.41) is 4.07.